The fourth-order valence-corrected chi connectivity index (χ4v) is 2.02. The Kier molecular flexibility index (Phi) is 2.30. The molecule has 6 nitrogen and oxygen atoms in total. The van der Waals surface area contributed by atoms with Gasteiger partial charge in [-0.2, -0.15) is 0 Å². The summed E-state index contributed by atoms with van der Waals surface area (Å²) in [5.41, 5.74) is 0.680. The Morgan fingerprint density at radius 2 is 2.40 bits per heavy atom. The van der Waals surface area contributed by atoms with Crippen molar-refractivity contribution in [1.82, 2.24) is 4.98 Å². The van der Waals surface area contributed by atoms with Gasteiger partial charge in [-0.3, -0.25) is 10.1 Å². The molecule has 0 saturated carbocycles. The summed E-state index contributed by atoms with van der Waals surface area (Å²) in [5, 5.41) is 22.2. The molecule has 0 amide bonds. The van der Waals surface area contributed by atoms with Crippen molar-refractivity contribution in [3.8, 4) is 0 Å². The number of hydrogen-bond acceptors (Lipinski definition) is 6. The number of thiazole rings is 1. The third-order valence-electron chi connectivity index (χ3n) is 1.77. The van der Waals surface area contributed by atoms with Gasteiger partial charge in [-0.15, -0.1) is 11.3 Å². The Morgan fingerprint density at radius 1 is 1.60 bits per heavy atom. The van der Waals surface area contributed by atoms with E-state index in [0.29, 0.717) is 15.2 Å². The van der Waals surface area contributed by atoms with Crippen LogP contribution in [-0.4, -0.2) is 21.3 Å². The van der Waals surface area contributed by atoms with Crippen LogP contribution in [0.3, 0.4) is 0 Å². The van der Waals surface area contributed by atoms with E-state index in [-0.39, 0.29) is 5.69 Å². The van der Waals surface area contributed by atoms with E-state index in [2.05, 4.69) is 10.1 Å². The molecule has 1 aromatic carbocycles. The van der Waals surface area contributed by atoms with E-state index in [9.17, 15) is 10.1 Å². The number of non-ortho nitro benzene ring substituents is 1. The fourth-order valence-electron chi connectivity index (χ4n) is 1.15. The number of nitro benzene ring substituents is 1. The zero-order chi connectivity index (χ0) is 10.8. The lowest BCUT2D eigenvalue weighted by Crippen LogP contribution is -1.85. The summed E-state index contributed by atoms with van der Waals surface area (Å²) < 4.78 is 0.694. The number of rotatable bonds is 2. The molecule has 7 heteroatoms. The van der Waals surface area contributed by atoms with Crippen molar-refractivity contribution < 1.29 is 10.1 Å². The highest BCUT2D eigenvalue weighted by atomic mass is 32.1. The van der Waals surface area contributed by atoms with Gasteiger partial charge in [-0.05, 0) is 6.07 Å². The van der Waals surface area contributed by atoms with Crippen LogP contribution in [0, 0.1) is 10.1 Å². The largest absolute Gasteiger partial charge is 0.411 e. The number of aromatic nitrogens is 1. The van der Waals surface area contributed by atoms with Gasteiger partial charge in [0.1, 0.15) is 11.2 Å². The summed E-state index contributed by atoms with van der Waals surface area (Å²) in [6.45, 7) is 0. The van der Waals surface area contributed by atoms with Crippen LogP contribution in [0.4, 0.5) is 5.69 Å². The van der Waals surface area contributed by atoms with Gasteiger partial charge in [0, 0.05) is 12.1 Å². The summed E-state index contributed by atoms with van der Waals surface area (Å²) in [4.78, 5) is 14.1. The molecule has 0 spiro atoms. The van der Waals surface area contributed by atoms with Gasteiger partial charge in [0.2, 0.25) is 0 Å². The predicted molar refractivity (Wildman–Crippen MR) is 55.7 cm³/mol. The van der Waals surface area contributed by atoms with Gasteiger partial charge >= 0.3 is 0 Å². The molecular weight excluding hydrogens is 218 g/mol. The molecule has 0 unspecified atom stereocenters. The highest BCUT2D eigenvalue weighted by molar-refractivity contribution is 7.20. The monoisotopic (exact) mass is 223 g/mol. The van der Waals surface area contributed by atoms with Crippen LogP contribution in [0.15, 0.2) is 23.4 Å². The Morgan fingerprint density at radius 3 is 3.07 bits per heavy atom. The Labute approximate surface area is 87.6 Å². The molecule has 0 bridgehead atoms. The maximum Gasteiger partial charge on any atom is 0.270 e. The minimum absolute atomic E-state index is 0.0265. The van der Waals surface area contributed by atoms with Crippen molar-refractivity contribution in [1.29, 1.82) is 0 Å². The summed E-state index contributed by atoms with van der Waals surface area (Å²) in [7, 11) is 0. The van der Waals surface area contributed by atoms with Crippen LogP contribution in [0.25, 0.3) is 10.2 Å². The molecular formula is C8H5N3O3S. The summed E-state index contributed by atoms with van der Waals surface area (Å²) in [6.07, 6.45) is 1.19. The molecule has 2 rings (SSSR count). The molecule has 0 saturated heterocycles. The highest BCUT2D eigenvalue weighted by Gasteiger charge is 2.09. The topological polar surface area (TPSA) is 88.6 Å². The van der Waals surface area contributed by atoms with Gasteiger partial charge in [-0.25, -0.2) is 4.98 Å². The van der Waals surface area contributed by atoms with E-state index in [0.717, 1.165) is 0 Å². The quantitative estimate of drug-likeness (QED) is 0.365. The molecule has 0 aliphatic heterocycles. The molecule has 2 aromatic rings. The average Bonchev–Trinajstić information content (AvgIpc) is 2.59. The van der Waals surface area contributed by atoms with Crippen molar-refractivity contribution in [2.75, 3.05) is 0 Å². The Bertz CT molecular complexity index is 549. The number of oxime groups is 1. The first kappa shape index (κ1) is 9.53. The van der Waals surface area contributed by atoms with E-state index in [1.54, 1.807) is 6.07 Å². The van der Waals surface area contributed by atoms with Crippen molar-refractivity contribution in [3.63, 3.8) is 0 Å². The number of hydrogen-bond donors (Lipinski definition) is 1. The van der Waals surface area contributed by atoms with Gasteiger partial charge in [0.25, 0.3) is 5.69 Å². The van der Waals surface area contributed by atoms with Gasteiger partial charge < -0.3 is 5.21 Å². The average molecular weight is 223 g/mol. The Hall–Kier alpha value is -2.02. The minimum Gasteiger partial charge on any atom is -0.411 e. The standard InChI is InChI=1S/C8H5N3O3S/c12-9-4-8-10-6-2-1-5(11(13)14)3-7(6)15-8/h1-4,12H/b9-4+. The first-order valence-corrected chi connectivity index (χ1v) is 4.75. The third-order valence-corrected chi connectivity index (χ3v) is 2.72. The van der Waals surface area contributed by atoms with Gasteiger partial charge in [-0.1, -0.05) is 5.16 Å². The number of fused-ring (bicyclic) bond motifs is 1. The zero-order valence-corrected chi connectivity index (χ0v) is 8.14. The van der Waals surface area contributed by atoms with Crippen LogP contribution in [0.5, 0.6) is 0 Å². The number of benzene rings is 1. The fraction of sp³-hybridized carbons (Fsp3) is 0. The molecule has 1 heterocycles. The predicted octanol–water partition coefficient (Wildman–Crippen LogP) is 2.01. The molecule has 0 fully saturated rings. The summed E-state index contributed by atoms with van der Waals surface area (Å²) in [6, 6.07) is 4.41. The number of nitro groups is 1. The lowest BCUT2D eigenvalue weighted by Gasteiger charge is -1.88. The second-order valence-corrected chi connectivity index (χ2v) is 3.77. The lowest BCUT2D eigenvalue weighted by molar-refractivity contribution is -0.384. The van der Waals surface area contributed by atoms with E-state index in [1.807, 2.05) is 0 Å². The van der Waals surface area contributed by atoms with Crippen molar-refractivity contribution >= 4 is 33.5 Å². The van der Waals surface area contributed by atoms with Crippen LogP contribution in [0.1, 0.15) is 5.01 Å². The third kappa shape index (κ3) is 1.77. The molecule has 1 N–H and O–H groups in total. The molecule has 0 atom stereocenters. The smallest absolute Gasteiger partial charge is 0.270 e. The molecule has 0 aliphatic rings. The molecule has 15 heavy (non-hydrogen) atoms. The highest BCUT2D eigenvalue weighted by Crippen LogP contribution is 2.25. The normalized spacial score (nSPS) is 11.2. The minimum atomic E-state index is -0.459. The Balaban J connectivity index is 2.56. The van der Waals surface area contributed by atoms with Crippen molar-refractivity contribution in [3.05, 3.63) is 33.3 Å². The lowest BCUT2D eigenvalue weighted by atomic mass is 10.3. The van der Waals surface area contributed by atoms with E-state index in [4.69, 9.17) is 5.21 Å². The van der Waals surface area contributed by atoms with Crippen LogP contribution < -0.4 is 0 Å². The second kappa shape index (κ2) is 3.62. The van der Waals surface area contributed by atoms with E-state index < -0.39 is 4.92 Å². The maximum absolute atomic E-state index is 10.5. The van der Waals surface area contributed by atoms with E-state index in [1.165, 1.54) is 29.7 Å². The summed E-state index contributed by atoms with van der Waals surface area (Å²) in [5.74, 6) is 0. The van der Waals surface area contributed by atoms with Gasteiger partial charge in [0.05, 0.1) is 15.1 Å². The van der Waals surface area contributed by atoms with Crippen LogP contribution >= 0.6 is 11.3 Å². The van der Waals surface area contributed by atoms with Crippen molar-refractivity contribution in [2.45, 2.75) is 0 Å². The van der Waals surface area contributed by atoms with Crippen LogP contribution in [-0.2, 0) is 0 Å². The number of nitrogens with zero attached hydrogens (tertiary/aromatic N) is 3. The van der Waals surface area contributed by atoms with Crippen molar-refractivity contribution in [2.24, 2.45) is 5.16 Å². The molecule has 0 aliphatic carbocycles. The second-order valence-electron chi connectivity index (χ2n) is 2.71. The zero-order valence-electron chi connectivity index (χ0n) is 7.32. The maximum atomic E-state index is 10.5. The summed E-state index contributed by atoms with van der Waals surface area (Å²) >= 11 is 1.23. The SMILES string of the molecule is O=[N+]([O-])c1ccc2nc(/C=N/O)sc2c1. The molecule has 1 aromatic heterocycles. The first-order chi connectivity index (χ1) is 7.20. The van der Waals surface area contributed by atoms with E-state index >= 15 is 0 Å². The van der Waals surface area contributed by atoms with Crippen LogP contribution in [0.2, 0.25) is 0 Å². The first-order valence-electron chi connectivity index (χ1n) is 3.93. The van der Waals surface area contributed by atoms with Gasteiger partial charge in [0.15, 0.2) is 0 Å². The molecule has 0 radical (unpaired) electrons. The molecule has 76 valence electrons.